The van der Waals surface area contributed by atoms with Gasteiger partial charge in [-0.15, -0.1) is 0 Å². The molecule has 1 aliphatic rings. The molecule has 3 aromatic rings. The molecule has 0 fully saturated rings. The van der Waals surface area contributed by atoms with Crippen LogP contribution < -0.4 is 5.73 Å². The normalized spacial score (nSPS) is 14.2. The average molecular weight is 347 g/mol. The van der Waals surface area contributed by atoms with Crippen molar-refractivity contribution in [2.24, 2.45) is 5.73 Å². The molecule has 5 heteroatoms. The zero-order chi connectivity index (χ0) is 17.9. The number of amides is 1. The van der Waals surface area contributed by atoms with Gasteiger partial charge in [0.25, 0.3) is 0 Å². The van der Waals surface area contributed by atoms with Gasteiger partial charge in [-0.2, -0.15) is 0 Å². The third kappa shape index (κ3) is 3.39. The van der Waals surface area contributed by atoms with Gasteiger partial charge < -0.3 is 10.3 Å². The molecule has 0 aliphatic carbocycles. The Kier molecular flexibility index (Phi) is 4.54. The van der Waals surface area contributed by atoms with E-state index in [0.717, 1.165) is 42.1 Å². The third-order valence-electron chi connectivity index (χ3n) is 4.85. The van der Waals surface area contributed by atoms with Crippen LogP contribution in [0, 0.1) is 0 Å². The second-order valence-corrected chi connectivity index (χ2v) is 6.62. The summed E-state index contributed by atoms with van der Waals surface area (Å²) in [5, 5.41) is 4.31. The minimum absolute atomic E-state index is 0.266. The Balaban J connectivity index is 1.56. The van der Waals surface area contributed by atoms with E-state index in [-0.39, 0.29) is 5.91 Å². The van der Waals surface area contributed by atoms with Gasteiger partial charge in [-0.1, -0.05) is 59.8 Å². The molecule has 26 heavy (non-hydrogen) atoms. The van der Waals surface area contributed by atoms with Crippen LogP contribution in [0.3, 0.4) is 0 Å². The summed E-state index contributed by atoms with van der Waals surface area (Å²) in [6.45, 7) is 2.27. The Morgan fingerprint density at radius 1 is 1.04 bits per heavy atom. The van der Waals surface area contributed by atoms with Gasteiger partial charge in [0.05, 0.1) is 0 Å². The van der Waals surface area contributed by atoms with Crippen LogP contribution in [0.1, 0.15) is 17.7 Å². The van der Waals surface area contributed by atoms with E-state index in [4.69, 9.17) is 10.3 Å². The number of fused-ring (bicyclic) bond motifs is 1. The predicted molar refractivity (Wildman–Crippen MR) is 100 cm³/mol. The monoisotopic (exact) mass is 347 g/mol. The number of aromatic nitrogens is 1. The Bertz CT molecular complexity index is 901. The fraction of sp³-hybridized carbons (Fsp3) is 0.238. The summed E-state index contributed by atoms with van der Waals surface area (Å²) in [6.07, 6.45) is 1.19. The summed E-state index contributed by atoms with van der Waals surface area (Å²) in [7, 11) is 0. The average Bonchev–Trinajstić information content (AvgIpc) is 3.10. The van der Waals surface area contributed by atoms with Crippen LogP contribution in [0.5, 0.6) is 0 Å². The minimum Gasteiger partial charge on any atom is -0.370 e. The van der Waals surface area contributed by atoms with Crippen LogP contribution in [-0.2, 0) is 17.8 Å². The van der Waals surface area contributed by atoms with Gasteiger partial charge in [-0.05, 0) is 11.1 Å². The van der Waals surface area contributed by atoms with Crippen LogP contribution in [0.25, 0.3) is 22.4 Å². The van der Waals surface area contributed by atoms with E-state index in [1.807, 2.05) is 18.2 Å². The van der Waals surface area contributed by atoms with Crippen molar-refractivity contribution >= 4 is 5.91 Å². The Hall–Kier alpha value is -2.92. The van der Waals surface area contributed by atoms with Gasteiger partial charge >= 0.3 is 0 Å². The zero-order valence-corrected chi connectivity index (χ0v) is 14.5. The van der Waals surface area contributed by atoms with E-state index >= 15 is 0 Å². The summed E-state index contributed by atoms with van der Waals surface area (Å²) in [6, 6.07) is 18.7. The number of rotatable bonds is 5. The molecule has 132 valence electrons. The highest BCUT2D eigenvalue weighted by molar-refractivity contribution is 5.74. The number of hydrogen-bond donors (Lipinski definition) is 1. The van der Waals surface area contributed by atoms with E-state index in [1.54, 1.807) is 0 Å². The van der Waals surface area contributed by atoms with E-state index in [2.05, 4.69) is 46.5 Å². The molecule has 0 saturated carbocycles. The first-order valence-corrected chi connectivity index (χ1v) is 8.84. The highest BCUT2D eigenvalue weighted by atomic mass is 16.5. The zero-order valence-electron chi connectivity index (χ0n) is 14.5. The van der Waals surface area contributed by atoms with Crippen LogP contribution >= 0.6 is 0 Å². The molecule has 2 aromatic carbocycles. The van der Waals surface area contributed by atoms with Crippen LogP contribution in [0.4, 0.5) is 0 Å². The predicted octanol–water partition coefficient (Wildman–Crippen LogP) is 3.24. The molecule has 0 unspecified atom stereocenters. The smallest absolute Gasteiger partial charge is 0.218 e. The van der Waals surface area contributed by atoms with E-state index in [1.165, 1.54) is 11.1 Å². The molecule has 1 aromatic heterocycles. The van der Waals surface area contributed by atoms with Gasteiger partial charge in [0.15, 0.2) is 0 Å². The maximum Gasteiger partial charge on any atom is 0.218 e. The standard InChI is InChI=1S/C21H21N3O2/c22-20(25)11-13-24-12-10-19-18(14-24)21(23-26-19)17-8-6-16(7-9-17)15-4-2-1-3-5-15/h1-9H,10-14H2,(H2,22,25). The number of carbonyl (C=O) groups excluding carboxylic acids is 1. The summed E-state index contributed by atoms with van der Waals surface area (Å²) < 4.78 is 5.56. The van der Waals surface area contributed by atoms with Gasteiger partial charge in [0.2, 0.25) is 5.91 Å². The van der Waals surface area contributed by atoms with Crippen molar-refractivity contribution in [1.29, 1.82) is 0 Å². The lowest BCUT2D eigenvalue weighted by molar-refractivity contribution is -0.118. The summed E-state index contributed by atoms with van der Waals surface area (Å²) >= 11 is 0. The molecular weight excluding hydrogens is 326 g/mol. The first kappa shape index (κ1) is 16.5. The number of hydrogen-bond acceptors (Lipinski definition) is 4. The third-order valence-corrected chi connectivity index (χ3v) is 4.85. The van der Waals surface area contributed by atoms with E-state index in [0.29, 0.717) is 13.0 Å². The number of nitrogens with zero attached hydrogens (tertiary/aromatic N) is 2. The van der Waals surface area contributed by atoms with Crippen LogP contribution in [0.15, 0.2) is 59.1 Å². The lowest BCUT2D eigenvalue weighted by Gasteiger charge is -2.25. The molecule has 1 amide bonds. The van der Waals surface area contributed by atoms with Gasteiger partial charge in [-0.3, -0.25) is 9.69 Å². The number of nitrogens with two attached hydrogens (primary N) is 1. The highest BCUT2D eigenvalue weighted by Crippen LogP contribution is 2.31. The van der Waals surface area contributed by atoms with Crippen molar-refractivity contribution in [3.63, 3.8) is 0 Å². The Morgan fingerprint density at radius 3 is 2.46 bits per heavy atom. The Labute approximate surface area is 152 Å². The first-order chi connectivity index (χ1) is 12.7. The van der Waals surface area contributed by atoms with Crippen LogP contribution in [-0.4, -0.2) is 29.1 Å². The molecule has 4 rings (SSSR count). The Morgan fingerprint density at radius 2 is 1.73 bits per heavy atom. The largest absolute Gasteiger partial charge is 0.370 e. The number of carbonyl (C=O) groups is 1. The molecule has 0 saturated heterocycles. The minimum atomic E-state index is -0.266. The maximum atomic E-state index is 11.0. The molecule has 0 atom stereocenters. The van der Waals surface area contributed by atoms with Crippen molar-refractivity contribution in [3.05, 3.63) is 65.9 Å². The fourth-order valence-corrected chi connectivity index (χ4v) is 3.40. The molecule has 0 radical (unpaired) electrons. The number of benzene rings is 2. The van der Waals surface area contributed by atoms with Crippen molar-refractivity contribution < 1.29 is 9.32 Å². The molecule has 0 spiro atoms. The summed E-state index contributed by atoms with van der Waals surface area (Å²) in [5.41, 5.74) is 10.7. The van der Waals surface area contributed by atoms with Gasteiger partial charge in [0, 0.05) is 43.6 Å². The van der Waals surface area contributed by atoms with Crippen molar-refractivity contribution in [3.8, 4) is 22.4 Å². The molecule has 5 nitrogen and oxygen atoms in total. The molecule has 1 aliphatic heterocycles. The lowest BCUT2D eigenvalue weighted by atomic mass is 9.99. The van der Waals surface area contributed by atoms with E-state index in [9.17, 15) is 4.79 Å². The van der Waals surface area contributed by atoms with Gasteiger partial charge in [-0.25, -0.2) is 0 Å². The topological polar surface area (TPSA) is 72.4 Å². The second kappa shape index (κ2) is 7.14. The lowest BCUT2D eigenvalue weighted by Crippen LogP contribution is -2.33. The second-order valence-electron chi connectivity index (χ2n) is 6.62. The highest BCUT2D eigenvalue weighted by Gasteiger charge is 2.24. The van der Waals surface area contributed by atoms with Gasteiger partial charge in [0.1, 0.15) is 11.5 Å². The number of primary amides is 1. The van der Waals surface area contributed by atoms with E-state index < -0.39 is 0 Å². The van der Waals surface area contributed by atoms with Crippen molar-refractivity contribution in [2.75, 3.05) is 13.1 Å². The SMILES string of the molecule is NC(=O)CCN1CCc2onc(-c3ccc(-c4ccccc4)cc3)c2C1. The molecular formula is C21H21N3O2. The fourth-order valence-electron chi connectivity index (χ4n) is 3.40. The maximum absolute atomic E-state index is 11.0. The first-order valence-electron chi connectivity index (χ1n) is 8.84. The quantitative estimate of drug-likeness (QED) is 0.769. The van der Waals surface area contributed by atoms with Crippen LogP contribution in [0.2, 0.25) is 0 Å². The van der Waals surface area contributed by atoms with Crippen molar-refractivity contribution in [1.82, 2.24) is 10.1 Å². The molecule has 0 bridgehead atoms. The summed E-state index contributed by atoms with van der Waals surface area (Å²) in [4.78, 5) is 13.3. The molecule has 2 N–H and O–H groups in total. The summed E-state index contributed by atoms with van der Waals surface area (Å²) in [5.74, 6) is 0.681. The van der Waals surface area contributed by atoms with Crippen molar-refractivity contribution in [2.45, 2.75) is 19.4 Å². The molecule has 2 heterocycles.